The van der Waals surface area contributed by atoms with Gasteiger partial charge in [0.25, 0.3) is 11.8 Å². The number of nitrogens with zero attached hydrogens (tertiary/aromatic N) is 2. The van der Waals surface area contributed by atoms with Gasteiger partial charge in [-0.3, -0.25) is 9.59 Å². The Morgan fingerprint density at radius 2 is 1.72 bits per heavy atom. The van der Waals surface area contributed by atoms with E-state index < -0.39 is 5.91 Å². The van der Waals surface area contributed by atoms with Gasteiger partial charge in [-0.15, -0.1) is 0 Å². The van der Waals surface area contributed by atoms with Crippen molar-refractivity contribution in [1.82, 2.24) is 15.1 Å². The fraction of sp³-hybridized carbons (Fsp3) is 0.190. The molecule has 1 aromatic heterocycles. The molecular formula is C21H20Cl2N4O2. The van der Waals surface area contributed by atoms with E-state index in [-0.39, 0.29) is 11.9 Å². The van der Waals surface area contributed by atoms with Crippen LogP contribution in [0.25, 0.3) is 5.69 Å². The molecule has 0 unspecified atom stereocenters. The van der Waals surface area contributed by atoms with Gasteiger partial charge < -0.3 is 10.6 Å². The lowest BCUT2D eigenvalue weighted by Gasteiger charge is -2.13. The number of hydrogen-bond donors (Lipinski definition) is 2. The molecule has 29 heavy (non-hydrogen) atoms. The number of carbonyl (C=O) groups excluding carboxylic acids is 2. The van der Waals surface area contributed by atoms with Crippen LogP contribution in [0, 0.1) is 6.92 Å². The van der Waals surface area contributed by atoms with E-state index >= 15 is 0 Å². The molecule has 0 saturated carbocycles. The van der Waals surface area contributed by atoms with E-state index in [4.69, 9.17) is 23.2 Å². The van der Waals surface area contributed by atoms with Crippen LogP contribution < -0.4 is 10.6 Å². The molecule has 3 rings (SSSR count). The number of nitrogens with one attached hydrogen (secondary N) is 2. The molecule has 6 nitrogen and oxygen atoms in total. The Bertz CT molecular complexity index is 1080. The number of anilines is 1. The summed E-state index contributed by atoms with van der Waals surface area (Å²) >= 11 is 12.1. The van der Waals surface area contributed by atoms with E-state index in [1.807, 2.05) is 26.0 Å². The summed E-state index contributed by atoms with van der Waals surface area (Å²) in [5.41, 5.74) is 2.42. The largest absolute Gasteiger partial charge is 0.350 e. The first-order valence-corrected chi connectivity index (χ1v) is 9.74. The average Bonchev–Trinajstić information content (AvgIpc) is 3.02. The zero-order valence-corrected chi connectivity index (χ0v) is 17.7. The van der Waals surface area contributed by atoms with Crippen molar-refractivity contribution >= 4 is 40.7 Å². The SMILES string of the molecule is Cc1c(C(=O)Nc2cc(Cl)ccc2C(=O)NC(C)C)cnn1-c1cccc(Cl)c1. The van der Waals surface area contributed by atoms with Crippen molar-refractivity contribution in [1.29, 1.82) is 0 Å². The van der Waals surface area contributed by atoms with Gasteiger partial charge >= 0.3 is 0 Å². The van der Waals surface area contributed by atoms with E-state index in [1.54, 1.807) is 41.9 Å². The van der Waals surface area contributed by atoms with Gasteiger partial charge in [0, 0.05) is 16.1 Å². The van der Waals surface area contributed by atoms with Crippen LogP contribution >= 0.6 is 23.2 Å². The maximum Gasteiger partial charge on any atom is 0.259 e. The Morgan fingerprint density at radius 3 is 2.41 bits per heavy atom. The second-order valence-electron chi connectivity index (χ2n) is 6.81. The lowest BCUT2D eigenvalue weighted by molar-refractivity contribution is 0.0944. The molecule has 150 valence electrons. The molecule has 1 heterocycles. The third-order valence-electron chi connectivity index (χ3n) is 4.20. The number of carbonyl (C=O) groups is 2. The fourth-order valence-corrected chi connectivity index (χ4v) is 3.20. The van der Waals surface area contributed by atoms with Gasteiger partial charge in [-0.1, -0.05) is 29.3 Å². The molecule has 0 bridgehead atoms. The van der Waals surface area contributed by atoms with Crippen molar-refractivity contribution in [2.75, 3.05) is 5.32 Å². The summed E-state index contributed by atoms with van der Waals surface area (Å²) in [5, 5.41) is 10.9. The highest BCUT2D eigenvalue weighted by molar-refractivity contribution is 6.31. The Labute approximate surface area is 178 Å². The lowest BCUT2D eigenvalue weighted by atomic mass is 10.1. The first kappa shape index (κ1) is 20.9. The first-order valence-electron chi connectivity index (χ1n) is 8.98. The van der Waals surface area contributed by atoms with Crippen LogP contribution in [-0.4, -0.2) is 27.6 Å². The van der Waals surface area contributed by atoms with E-state index in [0.29, 0.717) is 32.6 Å². The average molecular weight is 431 g/mol. The summed E-state index contributed by atoms with van der Waals surface area (Å²) in [5.74, 6) is -0.685. The summed E-state index contributed by atoms with van der Waals surface area (Å²) in [6, 6.07) is 11.9. The first-order chi connectivity index (χ1) is 13.8. The van der Waals surface area contributed by atoms with Crippen LogP contribution in [0.2, 0.25) is 10.0 Å². The molecule has 2 N–H and O–H groups in total. The Hall–Kier alpha value is -2.83. The van der Waals surface area contributed by atoms with Crippen LogP contribution in [0.5, 0.6) is 0 Å². The second-order valence-corrected chi connectivity index (χ2v) is 7.68. The van der Waals surface area contributed by atoms with Crippen LogP contribution in [0.4, 0.5) is 5.69 Å². The van der Waals surface area contributed by atoms with E-state index in [9.17, 15) is 9.59 Å². The van der Waals surface area contributed by atoms with Crippen molar-refractivity contribution in [3.05, 3.63) is 75.5 Å². The third-order valence-corrected chi connectivity index (χ3v) is 4.67. The van der Waals surface area contributed by atoms with Crippen LogP contribution in [-0.2, 0) is 0 Å². The molecule has 0 aliphatic rings. The van der Waals surface area contributed by atoms with Crippen LogP contribution in [0.1, 0.15) is 40.3 Å². The molecular weight excluding hydrogens is 411 g/mol. The summed E-state index contributed by atoms with van der Waals surface area (Å²) < 4.78 is 1.63. The van der Waals surface area contributed by atoms with Crippen LogP contribution in [0.15, 0.2) is 48.7 Å². The Balaban J connectivity index is 1.90. The predicted molar refractivity (Wildman–Crippen MR) is 115 cm³/mol. The molecule has 8 heteroatoms. The molecule has 3 aromatic rings. The van der Waals surface area contributed by atoms with Gasteiger partial charge in [0.2, 0.25) is 0 Å². The molecule has 0 fully saturated rings. The van der Waals surface area contributed by atoms with Gasteiger partial charge in [0.1, 0.15) is 0 Å². The molecule has 0 radical (unpaired) electrons. The number of benzene rings is 2. The van der Waals surface area contributed by atoms with Gasteiger partial charge in [0.15, 0.2) is 0 Å². The zero-order valence-electron chi connectivity index (χ0n) is 16.2. The maximum atomic E-state index is 12.9. The molecule has 0 atom stereocenters. The van der Waals surface area contributed by atoms with Gasteiger partial charge in [0.05, 0.1) is 34.4 Å². The van der Waals surface area contributed by atoms with Crippen molar-refractivity contribution in [3.8, 4) is 5.69 Å². The third kappa shape index (κ3) is 4.78. The normalized spacial score (nSPS) is 10.8. The van der Waals surface area contributed by atoms with Gasteiger partial charge in [-0.25, -0.2) is 4.68 Å². The number of rotatable bonds is 5. The molecule has 2 amide bonds. The summed E-state index contributed by atoms with van der Waals surface area (Å²) in [6.45, 7) is 5.51. The summed E-state index contributed by atoms with van der Waals surface area (Å²) in [4.78, 5) is 25.3. The quantitative estimate of drug-likeness (QED) is 0.605. The minimum atomic E-state index is -0.392. The predicted octanol–water partition coefficient (Wildman–Crippen LogP) is 4.88. The number of hydrogen-bond acceptors (Lipinski definition) is 3. The van der Waals surface area contributed by atoms with Gasteiger partial charge in [-0.2, -0.15) is 5.10 Å². The molecule has 0 spiro atoms. The van der Waals surface area contributed by atoms with Crippen molar-refractivity contribution in [2.45, 2.75) is 26.8 Å². The standard InChI is InChI=1S/C21H20Cl2N4O2/c1-12(2)25-20(28)17-8-7-15(23)10-19(17)26-21(29)18-11-24-27(13(18)3)16-6-4-5-14(22)9-16/h4-12H,1-3H3,(H,25,28)(H,26,29). The molecule has 2 aromatic carbocycles. The maximum absolute atomic E-state index is 12.9. The molecule has 0 saturated heterocycles. The highest BCUT2D eigenvalue weighted by atomic mass is 35.5. The van der Waals surface area contributed by atoms with Crippen molar-refractivity contribution in [2.24, 2.45) is 0 Å². The Kier molecular flexibility index (Phi) is 6.25. The topological polar surface area (TPSA) is 76.0 Å². The summed E-state index contributed by atoms with van der Waals surface area (Å²) in [6.07, 6.45) is 1.48. The molecule has 0 aliphatic heterocycles. The second kappa shape index (κ2) is 8.68. The minimum absolute atomic E-state index is 0.0418. The smallest absolute Gasteiger partial charge is 0.259 e. The van der Waals surface area contributed by atoms with Crippen molar-refractivity contribution in [3.63, 3.8) is 0 Å². The number of halogens is 2. The Morgan fingerprint density at radius 1 is 1.00 bits per heavy atom. The highest BCUT2D eigenvalue weighted by Crippen LogP contribution is 2.23. The van der Waals surface area contributed by atoms with E-state index in [0.717, 1.165) is 5.69 Å². The van der Waals surface area contributed by atoms with E-state index in [1.165, 1.54) is 6.20 Å². The number of aromatic nitrogens is 2. The van der Waals surface area contributed by atoms with Gasteiger partial charge in [-0.05, 0) is 57.2 Å². The number of amides is 2. The van der Waals surface area contributed by atoms with Crippen molar-refractivity contribution < 1.29 is 9.59 Å². The van der Waals surface area contributed by atoms with E-state index in [2.05, 4.69) is 15.7 Å². The summed E-state index contributed by atoms with van der Waals surface area (Å²) in [7, 11) is 0. The zero-order chi connectivity index (χ0) is 21.1. The fourth-order valence-electron chi connectivity index (χ4n) is 2.85. The molecule has 0 aliphatic carbocycles. The lowest BCUT2D eigenvalue weighted by Crippen LogP contribution is -2.31. The minimum Gasteiger partial charge on any atom is -0.350 e. The highest BCUT2D eigenvalue weighted by Gasteiger charge is 2.19. The monoisotopic (exact) mass is 430 g/mol. The van der Waals surface area contributed by atoms with Crippen LogP contribution in [0.3, 0.4) is 0 Å².